The van der Waals surface area contributed by atoms with Crippen LogP contribution in [-0.4, -0.2) is 45.0 Å². The van der Waals surface area contributed by atoms with Crippen molar-refractivity contribution >= 4 is 16.2 Å². The van der Waals surface area contributed by atoms with E-state index in [4.69, 9.17) is 4.74 Å². The van der Waals surface area contributed by atoms with E-state index in [1.54, 1.807) is 0 Å². The van der Waals surface area contributed by atoms with Crippen LogP contribution >= 0.6 is 0 Å². The molecular weight excluding hydrogens is 457 g/mol. The van der Waals surface area contributed by atoms with Gasteiger partial charge in [-0.25, -0.2) is 8.42 Å². The van der Waals surface area contributed by atoms with Gasteiger partial charge >= 0.3 is 6.36 Å². The molecule has 1 unspecified atom stereocenters. The molecule has 4 rings (SSSR count). The molecule has 1 saturated heterocycles. The lowest BCUT2D eigenvalue weighted by molar-refractivity contribution is -0.274. The van der Waals surface area contributed by atoms with Crippen molar-refractivity contribution in [3.05, 3.63) is 71.3 Å². The van der Waals surface area contributed by atoms with Gasteiger partial charge in [0.25, 0.3) is 0 Å². The monoisotopic (exact) mass is 480 g/mol. The summed E-state index contributed by atoms with van der Waals surface area (Å²) in [6.07, 6.45) is 0.209. The number of aliphatic imine (C=N–C) groups is 1. The molecule has 2 aliphatic rings. The number of alkyl halides is 3. The van der Waals surface area contributed by atoms with Crippen LogP contribution in [0.3, 0.4) is 0 Å². The maximum Gasteiger partial charge on any atom is 0.573 e. The van der Waals surface area contributed by atoms with Crippen LogP contribution in [-0.2, 0) is 21.4 Å². The van der Waals surface area contributed by atoms with E-state index in [1.807, 2.05) is 36.6 Å². The molecule has 0 N–H and O–H groups in total. The minimum Gasteiger partial charge on any atom is -0.406 e. The molecule has 0 bridgehead atoms. The molecule has 2 aromatic carbocycles. The molecule has 2 aliphatic heterocycles. The Morgan fingerprint density at radius 1 is 1.06 bits per heavy atom. The van der Waals surface area contributed by atoms with Gasteiger partial charge in [-0.05, 0) is 48.2 Å². The van der Waals surface area contributed by atoms with E-state index >= 15 is 0 Å². The number of ether oxygens (including phenoxy) is 2. The first-order valence-corrected chi connectivity index (χ1v) is 11.9. The Bertz CT molecular complexity index is 1130. The molecule has 6 nitrogen and oxygen atoms in total. The third kappa shape index (κ3) is 6.21. The molecule has 0 radical (unpaired) electrons. The summed E-state index contributed by atoms with van der Waals surface area (Å²) in [7, 11) is -3.79. The Labute approximate surface area is 190 Å². The normalized spacial score (nSPS) is 18.9. The topological polar surface area (TPSA) is 68.2 Å². The number of hydrogen-bond acceptors (Lipinski definition) is 5. The zero-order valence-electron chi connectivity index (χ0n) is 17.7. The summed E-state index contributed by atoms with van der Waals surface area (Å²) in [6.45, 7) is 1.52. The smallest absolute Gasteiger partial charge is 0.406 e. The third-order valence-electron chi connectivity index (χ3n) is 5.48. The first-order valence-electron chi connectivity index (χ1n) is 10.4. The number of rotatable bonds is 8. The molecule has 0 spiro atoms. The van der Waals surface area contributed by atoms with Gasteiger partial charge in [0.15, 0.2) is 0 Å². The van der Waals surface area contributed by atoms with Gasteiger partial charge in [0.1, 0.15) is 11.8 Å². The molecule has 33 heavy (non-hydrogen) atoms. The summed E-state index contributed by atoms with van der Waals surface area (Å²) < 4.78 is 73.4. The highest BCUT2D eigenvalue weighted by atomic mass is 32.2. The van der Waals surface area contributed by atoms with Crippen LogP contribution in [0.2, 0.25) is 0 Å². The van der Waals surface area contributed by atoms with Crippen LogP contribution in [0.4, 0.5) is 13.2 Å². The van der Waals surface area contributed by atoms with E-state index in [9.17, 15) is 21.6 Å². The lowest BCUT2D eigenvalue weighted by Gasteiger charge is -2.27. The van der Waals surface area contributed by atoms with Gasteiger partial charge in [-0.2, -0.15) is 4.31 Å². The van der Waals surface area contributed by atoms with E-state index in [2.05, 4.69) is 9.73 Å². The summed E-state index contributed by atoms with van der Waals surface area (Å²) in [5.74, 6) is -0.461. The maximum absolute atomic E-state index is 12.8. The van der Waals surface area contributed by atoms with E-state index in [0.717, 1.165) is 41.0 Å². The van der Waals surface area contributed by atoms with Crippen molar-refractivity contribution in [3.63, 3.8) is 0 Å². The zero-order chi connectivity index (χ0) is 23.5. The molecule has 176 valence electrons. The quantitative estimate of drug-likeness (QED) is 0.408. The Balaban J connectivity index is 1.27. The number of sulfonamides is 1. The summed E-state index contributed by atoms with van der Waals surface area (Å²) in [6, 6.07) is 12.4. The lowest BCUT2D eigenvalue weighted by atomic mass is 10.0. The SMILES string of the molecule is O=S(=O)(c1ccc(OC(F)(F)F)cc1)N1CCC(=CCOCc2ccccc2C2C=N2)CC1. The second-order valence-corrected chi connectivity index (χ2v) is 9.68. The largest absolute Gasteiger partial charge is 0.573 e. The third-order valence-corrected chi connectivity index (χ3v) is 7.39. The number of benzene rings is 2. The summed E-state index contributed by atoms with van der Waals surface area (Å²) in [5.41, 5.74) is 3.38. The molecule has 1 atom stereocenters. The summed E-state index contributed by atoms with van der Waals surface area (Å²) >= 11 is 0. The van der Waals surface area contributed by atoms with Gasteiger partial charge in [0.05, 0.1) is 18.1 Å². The van der Waals surface area contributed by atoms with Crippen LogP contribution in [0.15, 0.2) is 70.1 Å². The lowest BCUT2D eigenvalue weighted by Crippen LogP contribution is -2.36. The highest BCUT2D eigenvalue weighted by Gasteiger charge is 2.32. The van der Waals surface area contributed by atoms with Crippen molar-refractivity contribution < 1.29 is 31.1 Å². The minimum absolute atomic E-state index is 0.0638. The zero-order valence-corrected chi connectivity index (χ0v) is 18.5. The van der Waals surface area contributed by atoms with Crippen molar-refractivity contribution in [2.75, 3.05) is 19.7 Å². The highest BCUT2D eigenvalue weighted by Crippen LogP contribution is 2.29. The number of nitrogens with zero attached hydrogens (tertiary/aromatic N) is 2. The Hall–Kier alpha value is -2.69. The molecule has 10 heteroatoms. The molecule has 2 heterocycles. The Morgan fingerprint density at radius 3 is 2.36 bits per heavy atom. The predicted octanol–water partition coefficient (Wildman–Crippen LogP) is 4.64. The molecular formula is C23H23F3N2O4S. The second kappa shape index (κ2) is 9.66. The van der Waals surface area contributed by atoms with Crippen molar-refractivity contribution in [2.45, 2.75) is 36.7 Å². The predicted molar refractivity (Wildman–Crippen MR) is 117 cm³/mol. The van der Waals surface area contributed by atoms with E-state index < -0.39 is 22.1 Å². The highest BCUT2D eigenvalue weighted by molar-refractivity contribution is 7.89. The Morgan fingerprint density at radius 2 is 1.73 bits per heavy atom. The average Bonchev–Trinajstić information content (AvgIpc) is 3.62. The molecule has 0 saturated carbocycles. The fraction of sp³-hybridized carbons (Fsp3) is 0.348. The maximum atomic E-state index is 12.8. The van der Waals surface area contributed by atoms with Gasteiger partial charge in [-0.1, -0.05) is 35.9 Å². The van der Waals surface area contributed by atoms with Crippen molar-refractivity contribution in [2.24, 2.45) is 4.99 Å². The molecule has 0 aliphatic carbocycles. The number of halogens is 3. The van der Waals surface area contributed by atoms with Crippen molar-refractivity contribution in [3.8, 4) is 5.75 Å². The average molecular weight is 481 g/mol. The fourth-order valence-corrected chi connectivity index (χ4v) is 5.13. The van der Waals surface area contributed by atoms with Crippen LogP contribution in [0.25, 0.3) is 0 Å². The van der Waals surface area contributed by atoms with Gasteiger partial charge in [0.2, 0.25) is 10.0 Å². The van der Waals surface area contributed by atoms with Gasteiger partial charge in [-0.15, -0.1) is 13.2 Å². The standard InChI is InChI=1S/C23H23F3N2O4S/c24-23(25,26)32-19-5-7-20(8-6-19)33(29,30)28-12-9-17(10-13-28)11-14-31-16-18-3-1-2-4-21(18)22-15-27-22/h1-8,11,15,22H,9-10,12-14,16H2. The first-order chi connectivity index (χ1) is 15.7. The molecule has 2 aromatic rings. The summed E-state index contributed by atoms with van der Waals surface area (Å²) in [5, 5.41) is 0. The van der Waals surface area contributed by atoms with E-state index in [-0.39, 0.29) is 10.9 Å². The Kier molecular flexibility index (Phi) is 6.87. The second-order valence-electron chi connectivity index (χ2n) is 7.74. The minimum atomic E-state index is -4.82. The van der Waals surface area contributed by atoms with Crippen molar-refractivity contribution in [1.82, 2.24) is 4.31 Å². The number of piperidine rings is 1. The van der Waals surface area contributed by atoms with Gasteiger partial charge in [-0.3, -0.25) is 4.99 Å². The fourth-order valence-electron chi connectivity index (χ4n) is 3.68. The molecule has 1 fully saturated rings. The van der Waals surface area contributed by atoms with Gasteiger partial charge in [0, 0.05) is 19.3 Å². The molecule has 0 amide bonds. The van der Waals surface area contributed by atoms with Crippen LogP contribution in [0.1, 0.15) is 30.0 Å². The molecule has 0 aromatic heterocycles. The van der Waals surface area contributed by atoms with Crippen LogP contribution in [0.5, 0.6) is 5.75 Å². The van der Waals surface area contributed by atoms with Crippen LogP contribution in [0, 0.1) is 0 Å². The number of hydrogen-bond donors (Lipinski definition) is 0. The first kappa shape index (κ1) is 23.5. The van der Waals surface area contributed by atoms with E-state index in [1.165, 1.54) is 4.31 Å². The van der Waals surface area contributed by atoms with Gasteiger partial charge < -0.3 is 9.47 Å². The van der Waals surface area contributed by atoms with Crippen LogP contribution < -0.4 is 4.74 Å². The van der Waals surface area contributed by atoms with Crippen molar-refractivity contribution in [1.29, 1.82) is 0 Å². The summed E-state index contributed by atoms with van der Waals surface area (Å²) in [4.78, 5) is 4.14. The van der Waals surface area contributed by atoms with E-state index in [0.29, 0.717) is 39.1 Å².